The van der Waals surface area contributed by atoms with Gasteiger partial charge in [0.15, 0.2) is 0 Å². The molecule has 1 saturated heterocycles. The Balaban J connectivity index is 2.28. The van der Waals surface area contributed by atoms with E-state index in [1.54, 1.807) is 25.1 Å². The van der Waals surface area contributed by atoms with Crippen LogP contribution in [0.3, 0.4) is 0 Å². The number of rotatable bonds is 2. The lowest BCUT2D eigenvalue weighted by molar-refractivity contribution is -0.144. The van der Waals surface area contributed by atoms with E-state index in [0.29, 0.717) is 18.7 Å². The molecule has 0 bridgehead atoms. The SMILES string of the molecule is CC1NCCN(C(=O)c2cccc(Br)c2)C1C(=O)O. The molecule has 5 nitrogen and oxygen atoms in total. The minimum atomic E-state index is -0.983. The predicted octanol–water partition coefficient (Wildman–Crippen LogP) is 1.34. The van der Waals surface area contributed by atoms with E-state index in [9.17, 15) is 14.7 Å². The van der Waals surface area contributed by atoms with Crippen molar-refractivity contribution in [3.05, 3.63) is 34.3 Å². The lowest BCUT2D eigenvalue weighted by atomic mass is 10.0. The third kappa shape index (κ3) is 2.96. The molecule has 1 amide bonds. The highest BCUT2D eigenvalue weighted by Crippen LogP contribution is 2.17. The Morgan fingerprint density at radius 3 is 2.84 bits per heavy atom. The number of benzene rings is 1. The molecule has 0 radical (unpaired) electrons. The molecule has 0 saturated carbocycles. The molecule has 2 rings (SSSR count). The molecule has 1 aliphatic heterocycles. The highest BCUT2D eigenvalue weighted by Gasteiger charge is 2.37. The molecular weight excluding hydrogens is 312 g/mol. The summed E-state index contributed by atoms with van der Waals surface area (Å²) in [6, 6.07) is 5.89. The summed E-state index contributed by atoms with van der Waals surface area (Å²) in [6.45, 7) is 2.77. The summed E-state index contributed by atoms with van der Waals surface area (Å²) in [6.07, 6.45) is 0. The lowest BCUT2D eigenvalue weighted by Gasteiger charge is -2.38. The number of carboxylic acid groups (broad SMARTS) is 1. The van der Waals surface area contributed by atoms with Gasteiger partial charge in [-0.25, -0.2) is 4.79 Å². The van der Waals surface area contributed by atoms with Gasteiger partial charge in [0.25, 0.3) is 5.91 Å². The van der Waals surface area contributed by atoms with Crippen LogP contribution in [0.1, 0.15) is 17.3 Å². The summed E-state index contributed by atoms with van der Waals surface area (Å²) in [7, 11) is 0. The van der Waals surface area contributed by atoms with E-state index in [0.717, 1.165) is 4.47 Å². The Morgan fingerprint density at radius 2 is 2.21 bits per heavy atom. The highest BCUT2D eigenvalue weighted by molar-refractivity contribution is 9.10. The highest BCUT2D eigenvalue weighted by atomic mass is 79.9. The van der Waals surface area contributed by atoms with Crippen LogP contribution in [0.5, 0.6) is 0 Å². The number of amides is 1. The number of hydrogen-bond acceptors (Lipinski definition) is 3. The first-order valence-corrected chi connectivity index (χ1v) is 6.82. The summed E-state index contributed by atoms with van der Waals surface area (Å²) in [4.78, 5) is 25.2. The summed E-state index contributed by atoms with van der Waals surface area (Å²) < 4.78 is 0.799. The number of nitrogens with zero attached hydrogens (tertiary/aromatic N) is 1. The Labute approximate surface area is 119 Å². The van der Waals surface area contributed by atoms with E-state index in [2.05, 4.69) is 21.2 Å². The third-order valence-corrected chi connectivity index (χ3v) is 3.71. The molecule has 0 spiro atoms. The van der Waals surface area contributed by atoms with Gasteiger partial charge in [0.1, 0.15) is 6.04 Å². The molecule has 0 aliphatic carbocycles. The number of aliphatic carboxylic acids is 1. The number of piperazine rings is 1. The average molecular weight is 327 g/mol. The van der Waals surface area contributed by atoms with Gasteiger partial charge < -0.3 is 15.3 Å². The molecular formula is C13H15BrN2O3. The van der Waals surface area contributed by atoms with Crippen molar-refractivity contribution in [2.45, 2.75) is 19.0 Å². The van der Waals surface area contributed by atoms with Crippen LogP contribution < -0.4 is 5.32 Å². The van der Waals surface area contributed by atoms with Crippen LogP contribution >= 0.6 is 15.9 Å². The van der Waals surface area contributed by atoms with Gasteiger partial charge in [-0.2, -0.15) is 0 Å². The Kier molecular flexibility index (Phi) is 4.21. The van der Waals surface area contributed by atoms with Crippen molar-refractivity contribution in [3.63, 3.8) is 0 Å². The van der Waals surface area contributed by atoms with Crippen molar-refractivity contribution in [1.29, 1.82) is 0 Å². The van der Waals surface area contributed by atoms with Gasteiger partial charge in [0.05, 0.1) is 0 Å². The van der Waals surface area contributed by atoms with Crippen molar-refractivity contribution < 1.29 is 14.7 Å². The van der Waals surface area contributed by atoms with E-state index in [-0.39, 0.29) is 11.9 Å². The van der Waals surface area contributed by atoms with Gasteiger partial charge in [0.2, 0.25) is 0 Å². The maximum absolute atomic E-state index is 12.4. The Bertz CT molecular complexity index is 506. The minimum Gasteiger partial charge on any atom is -0.480 e. The maximum Gasteiger partial charge on any atom is 0.328 e. The van der Waals surface area contributed by atoms with Crippen LogP contribution in [-0.2, 0) is 4.79 Å². The predicted molar refractivity (Wildman–Crippen MR) is 74.1 cm³/mol. The molecule has 1 aromatic rings. The van der Waals surface area contributed by atoms with Crippen LogP contribution in [0.25, 0.3) is 0 Å². The number of halogens is 1. The fourth-order valence-corrected chi connectivity index (χ4v) is 2.69. The average Bonchev–Trinajstić information content (AvgIpc) is 2.37. The zero-order valence-electron chi connectivity index (χ0n) is 10.5. The second kappa shape index (κ2) is 5.71. The number of carbonyl (C=O) groups excluding carboxylic acids is 1. The van der Waals surface area contributed by atoms with Crippen molar-refractivity contribution in [2.24, 2.45) is 0 Å². The second-order valence-corrected chi connectivity index (χ2v) is 5.45. The van der Waals surface area contributed by atoms with Gasteiger partial charge in [-0.1, -0.05) is 22.0 Å². The molecule has 1 aromatic carbocycles. The summed E-state index contributed by atoms with van der Waals surface area (Å²) in [5.74, 6) is -1.23. The molecule has 1 fully saturated rings. The summed E-state index contributed by atoms with van der Waals surface area (Å²) in [5, 5.41) is 12.4. The van der Waals surface area contributed by atoms with Gasteiger partial charge in [-0.3, -0.25) is 4.79 Å². The maximum atomic E-state index is 12.4. The van der Waals surface area contributed by atoms with Crippen LogP contribution in [0.15, 0.2) is 28.7 Å². The van der Waals surface area contributed by atoms with E-state index in [1.807, 2.05) is 6.07 Å². The van der Waals surface area contributed by atoms with E-state index in [4.69, 9.17) is 0 Å². The van der Waals surface area contributed by atoms with Crippen LogP contribution in [-0.4, -0.2) is 47.1 Å². The monoisotopic (exact) mass is 326 g/mol. The zero-order chi connectivity index (χ0) is 14.0. The van der Waals surface area contributed by atoms with E-state index < -0.39 is 12.0 Å². The molecule has 102 valence electrons. The number of nitrogens with one attached hydrogen (secondary N) is 1. The smallest absolute Gasteiger partial charge is 0.328 e. The lowest BCUT2D eigenvalue weighted by Crippen LogP contribution is -2.61. The first-order valence-electron chi connectivity index (χ1n) is 6.03. The Morgan fingerprint density at radius 1 is 1.47 bits per heavy atom. The minimum absolute atomic E-state index is 0.248. The number of carboxylic acids is 1. The zero-order valence-corrected chi connectivity index (χ0v) is 12.1. The molecule has 19 heavy (non-hydrogen) atoms. The van der Waals surface area contributed by atoms with Crippen LogP contribution in [0, 0.1) is 0 Å². The molecule has 2 N–H and O–H groups in total. The first kappa shape index (κ1) is 14.0. The molecule has 2 atom stereocenters. The second-order valence-electron chi connectivity index (χ2n) is 4.53. The van der Waals surface area contributed by atoms with Gasteiger partial charge in [0, 0.05) is 29.2 Å². The standard InChI is InChI=1S/C13H15BrN2O3/c1-8-11(13(18)19)16(6-5-15-8)12(17)9-3-2-4-10(14)7-9/h2-4,7-8,11,15H,5-6H2,1H3,(H,18,19). The van der Waals surface area contributed by atoms with Crippen molar-refractivity contribution in [3.8, 4) is 0 Å². The fraction of sp³-hybridized carbons (Fsp3) is 0.385. The van der Waals surface area contributed by atoms with Crippen molar-refractivity contribution in [2.75, 3.05) is 13.1 Å². The molecule has 0 aromatic heterocycles. The van der Waals surface area contributed by atoms with Gasteiger partial charge in [-0.15, -0.1) is 0 Å². The van der Waals surface area contributed by atoms with Crippen molar-refractivity contribution >= 4 is 27.8 Å². The van der Waals surface area contributed by atoms with Crippen LogP contribution in [0.4, 0.5) is 0 Å². The van der Waals surface area contributed by atoms with E-state index in [1.165, 1.54) is 4.90 Å². The molecule has 2 unspecified atom stereocenters. The van der Waals surface area contributed by atoms with Crippen molar-refractivity contribution in [1.82, 2.24) is 10.2 Å². The van der Waals surface area contributed by atoms with E-state index >= 15 is 0 Å². The van der Waals surface area contributed by atoms with Gasteiger partial charge >= 0.3 is 5.97 Å². The first-order chi connectivity index (χ1) is 9.00. The third-order valence-electron chi connectivity index (χ3n) is 3.21. The normalized spacial score (nSPS) is 23.2. The number of hydrogen-bond donors (Lipinski definition) is 2. The molecule has 1 aliphatic rings. The summed E-state index contributed by atoms with van der Waals surface area (Å²) >= 11 is 3.31. The largest absolute Gasteiger partial charge is 0.480 e. The molecule has 6 heteroatoms. The topological polar surface area (TPSA) is 69.6 Å². The van der Waals surface area contributed by atoms with Crippen LogP contribution in [0.2, 0.25) is 0 Å². The number of carbonyl (C=O) groups is 2. The quantitative estimate of drug-likeness (QED) is 0.860. The Hall–Kier alpha value is -1.40. The summed E-state index contributed by atoms with van der Waals surface area (Å²) in [5.41, 5.74) is 0.495. The van der Waals surface area contributed by atoms with Gasteiger partial charge in [-0.05, 0) is 25.1 Å². The fourth-order valence-electron chi connectivity index (χ4n) is 2.30. The molecule has 1 heterocycles.